The summed E-state index contributed by atoms with van der Waals surface area (Å²) in [6.45, 7) is 2.27. The normalized spacial score (nSPS) is 10.9. The van der Waals surface area contributed by atoms with Gasteiger partial charge >= 0.3 is 0 Å². The van der Waals surface area contributed by atoms with E-state index in [0.29, 0.717) is 0 Å². The van der Waals surface area contributed by atoms with Gasteiger partial charge in [0, 0.05) is 0 Å². The van der Waals surface area contributed by atoms with Crippen LogP contribution in [0.1, 0.15) is 51.0 Å². The molecule has 0 saturated heterocycles. The van der Waals surface area contributed by atoms with Crippen LogP contribution in [0.4, 0.5) is 0 Å². The van der Waals surface area contributed by atoms with Gasteiger partial charge < -0.3 is 0 Å². The predicted octanol–water partition coefficient (Wildman–Crippen LogP) is 5.54. The Morgan fingerprint density at radius 1 is 0.944 bits per heavy atom. The van der Waals surface area contributed by atoms with Crippen LogP contribution in [-0.2, 0) is 6.42 Å². The molecule has 0 saturated carbocycles. The van der Waals surface area contributed by atoms with Crippen molar-refractivity contribution in [1.29, 1.82) is 0 Å². The molecular formula is C18H23. The van der Waals surface area contributed by atoms with Crippen molar-refractivity contribution in [3.63, 3.8) is 0 Å². The molecule has 0 heterocycles. The molecule has 0 N–H and O–H groups in total. The average molecular weight is 239 g/mol. The van der Waals surface area contributed by atoms with E-state index in [1.54, 1.807) is 0 Å². The summed E-state index contributed by atoms with van der Waals surface area (Å²) in [4.78, 5) is 0. The van der Waals surface area contributed by atoms with Gasteiger partial charge in [0.1, 0.15) is 0 Å². The quantitative estimate of drug-likeness (QED) is 0.556. The van der Waals surface area contributed by atoms with Gasteiger partial charge in [0.15, 0.2) is 0 Å². The largest absolute Gasteiger partial charge is 0.0654 e. The highest BCUT2D eigenvalue weighted by Crippen LogP contribution is 2.17. The zero-order valence-electron chi connectivity index (χ0n) is 11.4. The third kappa shape index (κ3) is 3.87. The van der Waals surface area contributed by atoms with Crippen molar-refractivity contribution in [2.24, 2.45) is 0 Å². The molecule has 2 rings (SSSR count). The van der Waals surface area contributed by atoms with E-state index >= 15 is 0 Å². The molecule has 0 fully saturated rings. The van der Waals surface area contributed by atoms with Crippen LogP contribution in [0, 0.1) is 6.07 Å². The van der Waals surface area contributed by atoms with Gasteiger partial charge in [-0.25, -0.2) is 0 Å². The Labute approximate surface area is 111 Å². The molecule has 1 radical (unpaired) electrons. The first-order chi connectivity index (χ1) is 8.90. The van der Waals surface area contributed by atoms with E-state index in [0.717, 1.165) is 0 Å². The molecule has 18 heavy (non-hydrogen) atoms. The topological polar surface area (TPSA) is 0 Å². The Bertz CT molecular complexity index is 470. The molecule has 0 heteroatoms. The minimum atomic E-state index is 1.22. The van der Waals surface area contributed by atoms with Crippen LogP contribution >= 0.6 is 0 Å². The van der Waals surface area contributed by atoms with Crippen molar-refractivity contribution in [2.45, 2.75) is 51.9 Å². The summed E-state index contributed by atoms with van der Waals surface area (Å²) in [6, 6.07) is 16.3. The van der Waals surface area contributed by atoms with Gasteiger partial charge in [-0.2, -0.15) is 0 Å². The van der Waals surface area contributed by atoms with E-state index < -0.39 is 0 Å². The minimum Gasteiger partial charge on any atom is -0.0654 e. The fourth-order valence-electron chi connectivity index (χ4n) is 2.44. The highest BCUT2D eigenvalue weighted by Gasteiger charge is 1.97. The van der Waals surface area contributed by atoms with Gasteiger partial charge in [-0.3, -0.25) is 0 Å². The molecule has 0 aliphatic carbocycles. The molecule has 0 nitrogen and oxygen atoms in total. The third-order valence-electron chi connectivity index (χ3n) is 3.55. The predicted molar refractivity (Wildman–Crippen MR) is 79.9 cm³/mol. The Balaban J connectivity index is 1.81. The monoisotopic (exact) mass is 239 g/mol. The maximum atomic E-state index is 3.27. The van der Waals surface area contributed by atoms with Gasteiger partial charge in [-0.1, -0.05) is 75.4 Å². The van der Waals surface area contributed by atoms with E-state index in [1.807, 2.05) is 6.07 Å². The number of fused-ring (bicyclic) bond motifs is 1. The summed E-state index contributed by atoms with van der Waals surface area (Å²) in [5, 5.41) is 2.55. The fourth-order valence-corrected chi connectivity index (χ4v) is 2.44. The van der Waals surface area contributed by atoms with Crippen LogP contribution in [-0.4, -0.2) is 0 Å². The molecule has 0 aliphatic heterocycles. The smallest absolute Gasteiger partial charge is 0.00992 e. The third-order valence-corrected chi connectivity index (χ3v) is 3.55. The fraction of sp³-hybridized carbons (Fsp3) is 0.444. The van der Waals surface area contributed by atoms with E-state index in [2.05, 4.69) is 43.3 Å². The van der Waals surface area contributed by atoms with E-state index in [4.69, 9.17) is 0 Å². The van der Waals surface area contributed by atoms with Gasteiger partial charge in [0.25, 0.3) is 0 Å². The number of aryl methyl sites for hydroxylation is 1. The zero-order valence-corrected chi connectivity index (χ0v) is 11.4. The Morgan fingerprint density at radius 3 is 2.67 bits per heavy atom. The second kappa shape index (κ2) is 7.20. The minimum absolute atomic E-state index is 1.22. The molecule has 95 valence electrons. The first-order valence-electron chi connectivity index (χ1n) is 7.29. The second-order valence-corrected chi connectivity index (χ2v) is 5.11. The second-order valence-electron chi connectivity index (χ2n) is 5.11. The lowest BCUT2D eigenvalue weighted by Gasteiger charge is -2.04. The molecule has 2 aromatic carbocycles. The lowest BCUT2D eigenvalue weighted by molar-refractivity contribution is 0.607. The number of rotatable bonds is 7. The number of hydrogen-bond acceptors (Lipinski definition) is 0. The van der Waals surface area contributed by atoms with Crippen LogP contribution < -0.4 is 0 Å². The van der Waals surface area contributed by atoms with Crippen molar-refractivity contribution < 1.29 is 0 Å². The molecule has 0 spiro atoms. The maximum Gasteiger partial charge on any atom is -0.00992 e. The van der Waals surface area contributed by atoms with Gasteiger partial charge in [-0.05, 0) is 35.2 Å². The lowest BCUT2D eigenvalue weighted by Crippen LogP contribution is -1.86. The summed E-state index contributed by atoms with van der Waals surface area (Å²) < 4.78 is 0. The molecule has 0 aliphatic rings. The SMILES string of the molecule is CCCCCCCCc1ccc2[c]cccc2c1. The Morgan fingerprint density at radius 2 is 1.78 bits per heavy atom. The van der Waals surface area contributed by atoms with E-state index in [1.165, 1.54) is 61.3 Å². The summed E-state index contributed by atoms with van der Waals surface area (Å²) in [5.74, 6) is 0. The Kier molecular flexibility index (Phi) is 5.26. The first-order valence-corrected chi connectivity index (χ1v) is 7.29. The standard InChI is InChI=1S/C18H23/c1-2-3-4-5-6-7-10-16-13-14-17-11-8-9-12-18(17)15-16/h8-9,12-15H,2-7,10H2,1H3. The van der Waals surface area contributed by atoms with Gasteiger partial charge in [-0.15, -0.1) is 0 Å². The van der Waals surface area contributed by atoms with Crippen LogP contribution in [0.5, 0.6) is 0 Å². The molecule has 0 atom stereocenters. The number of unbranched alkanes of at least 4 members (excludes halogenated alkanes) is 5. The number of hydrogen-bond donors (Lipinski definition) is 0. The summed E-state index contributed by atoms with van der Waals surface area (Å²) in [6.07, 6.45) is 9.45. The van der Waals surface area contributed by atoms with E-state index in [9.17, 15) is 0 Å². The molecule has 0 bridgehead atoms. The van der Waals surface area contributed by atoms with Crippen molar-refractivity contribution in [2.75, 3.05) is 0 Å². The van der Waals surface area contributed by atoms with E-state index in [-0.39, 0.29) is 0 Å². The Hall–Kier alpha value is -1.30. The molecule has 0 unspecified atom stereocenters. The lowest BCUT2D eigenvalue weighted by atomic mass is 10.0. The van der Waals surface area contributed by atoms with Crippen LogP contribution in [0.15, 0.2) is 36.4 Å². The summed E-state index contributed by atoms with van der Waals surface area (Å²) >= 11 is 0. The van der Waals surface area contributed by atoms with Gasteiger partial charge in [0.2, 0.25) is 0 Å². The van der Waals surface area contributed by atoms with Crippen molar-refractivity contribution in [3.8, 4) is 0 Å². The number of benzene rings is 2. The summed E-state index contributed by atoms with van der Waals surface area (Å²) in [5.41, 5.74) is 1.47. The van der Waals surface area contributed by atoms with Gasteiger partial charge in [0.05, 0.1) is 0 Å². The highest BCUT2D eigenvalue weighted by atomic mass is 14.0. The average Bonchev–Trinajstić information content (AvgIpc) is 2.42. The molecule has 0 aromatic heterocycles. The van der Waals surface area contributed by atoms with Crippen molar-refractivity contribution >= 4 is 10.8 Å². The van der Waals surface area contributed by atoms with Crippen molar-refractivity contribution in [1.82, 2.24) is 0 Å². The van der Waals surface area contributed by atoms with Crippen LogP contribution in [0.3, 0.4) is 0 Å². The maximum absolute atomic E-state index is 3.27. The first kappa shape index (κ1) is 13.1. The molecule has 0 amide bonds. The highest BCUT2D eigenvalue weighted by molar-refractivity contribution is 5.82. The zero-order chi connectivity index (χ0) is 12.6. The molecule has 2 aromatic rings. The molecular weight excluding hydrogens is 216 g/mol. The van der Waals surface area contributed by atoms with Crippen LogP contribution in [0.2, 0.25) is 0 Å². The van der Waals surface area contributed by atoms with Crippen LogP contribution in [0.25, 0.3) is 10.8 Å². The summed E-state index contributed by atoms with van der Waals surface area (Å²) in [7, 11) is 0. The van der Waals surface area contributed by atoms with Crippen molar-refractivity contribution in [3.05, 3.63) is 48.0 Å².